The van der Waals surface area contributed by atoms with Crippen molar-refractivity contribution in [3.8, 4) is 10.8 Å². The smallest absolute Gasteiger partial charge is 0.273 e. The van der Waals surface area contributed by atoms with Crippen LogP contribution in [0.25, 0.3) is 10.8 Å². The van der Waals surface area contributed by atoms with Crippen LogP contribution in [0.1, 0.15) is 23.3 Å². The van der Waals surface area contributed by atoms with Crippen LogP contribution < -0.4 is 0 Å². The number of carbonyl (C=O) groups is 1. The predicted molar refractivity (Wildman–Crippen MR) is 84.1 cm³/mol. The van der Waals surface area contributed by atoms with Crippen LogP contribution in [-0.4, -0.2) is 48.4 Å². The Morgan fingerprint density at radius 2 is 2.04 bits per heavy atom. The number of likely N-dealkylation sites (tertiary alicyclic amines) is 1. The molecular formula is C16H18N2O4S. The van der Waals surface area contributed by atoms with Gasteiger partial charge in [0.15, 0.2) is 17.1 Å². The maximum atomic E-state index is 12.6. The van der Waals surface area contributed by atoms with Gasteiger partial charge in [-0.2, -0.15) is 0 Å². The molecule has 1 amide bonds. The summed E-state index contributed by atoms with van der Waals surface area (Å²) in [4.78, 5) is 18.9. The van der Waals surface area contributed by atoms with Crippen molar-refractivity contribution >= 4 is 17.2 Å². The Balaban J connectivity index is 1.38. The zero-order valence-electron chi connectivity index (χ0n) is 12.6. The summed E-state index contributed by atoms with van der Waals surface area (Å²) in [5.41, 5.74) is 0.494. The molecular weight excluding hydrogens is 316 g/mol. The lowest BCUT2D eigenvalue weighted by Gasteiger charge is -2.33. The van der Waals surface area contributed by atoms with Crippen molar-refractivity contribution in [3.05, 3.63) is 29.5 Å². The van der Waals surface area contributed by atoms with Crippen molar-refractivity contribution in [2.24, 2.45) is 5.92 Å². The summed E-state index contributed by atoms with van der Waals surface area (Å²) in [6.45, 7) is 2.80. The van der Waals surface area contributed by atoms with Gasteiger partial charge in [-0.25, -0.2) is 4.98 Å². The molecule has 0 aliphatic carbocycles. The maximum Gasteiger partial charge on any atom is 0.273 e. The third-order valence-corrected chi connectivity index (χ3v) is 5.17. The van der Waals surface area contributed by atoms with Gasteiger partial charge < -0.3 is 18.8 Å². The van der Waals surface area contributed by atoms with E-state index in [9.17, 15) is 4.79 Å². The number of thiazole rings is 1. The molecule has 0 saturated carbocycles. The summed E-state index contributed by atoms with van der Waals surface area (Å²) in [6, 6.07) is 3.66. The van der Waals surface area contributed by atoms with Gasteiger partial charge in [-0.05, 0) is 25.0 Å². The Bertz CT molecular complexity index is 655. The molecule has 2 fully saturated rings. The van der Waals surface area contributed by atoms with E-state index < -0.39 is 0 Å². The second kappa shape index (κ2) is 6.43. The lowest BCUT2D eigenvalue weighted by Crippen LogP contribution is -2.41. The Hall–Kier alpha value is -1.70. The monoisotopic (exact) mass is 334 g/mol. The van der Waals surface area contributed by atoms with E-state index in [-0.39, 0.29) is 12.2 Å². The number of rotatable bonds is 3. The Morgan fingerprint density at radius 3 is 2.74 bits per heavy atom. The van der Waals surface area contributed by atoms with Crippen molar-refractivity contribution in [1.82, 2.24) is 9.88 Å². The van der Waals surface area contributed by atoms with Gasteiger partial charge in [0.2, 0.25) is 0 Å². The van der Waals surface area contributed by atoms with Gasteiger partial charge in [-0.1, -0.05) is 0 Å². The fourth-order valence-electron chi connectivity index (χ4n) is 3.07. The van der Waals surface area contributed by atoms with Crippen LogP contribution >= 0.6 is 11.3 Å². The zero-order valence-corrected chi connectivity index (χ0v) is 13.5. The van der Waals surface area contributed by atoms with Gasteiger partial charge in [0.1, 0.15) is 5.69 Å². The van der Waals surface area contributed by atoms with E-state index in [2.05, 4.69) is 4.98 Å². The minimum Gasteiger partial charge on any atom is -0.462 e. The van der Waals surface area contributed by atoms with E-state index in [0.29, 0.717) is 30.6 Å². The summed E-state index contributed by atoms with van der Waals surface area (Å²) in [5.74, 6) is 1.07. The average molecular weight is 334 g/mol. The molecule has 0 unspecified atom stereocenters. The maximum absolute atomic E-state index is 12.6. The first-order chi connectivity index (χ1) is 11.3. The highest BCUT2D eigenvalue weighted by Gasteiger charge is 2.32. The Kier molecular flexibility index (Phi) is 4.15. The van der Waals surface area contributed by atoms with Crippen molar-refractivity contribution in [3.63, 3.8) is 0 Å². The largest absolute Gasteiger partial charge is 0.462 e. The van der Waals surface area contributed by atoms with Crippen molar-refractivity contribution in [2.45, 2.75) is 19.1 Å². The van der Waals surface area contributed by atoms with E-state index in [4.69, 9.17) is 13.9 Å². The SMILES string of the molecule is O=C(c1csc(-c2ccco2)n1)N1CCC(C2OCCO2)CC1. The number of amides is 1. The number of furan rings is 1. The third-order valence-electron chi connectivity index (χ3n) is 4.31. The Labute approximate surface area is 138 Å². The van der Waals surface area contributed by atoms with Gasteiger partial charge in [-0.3, -0.25) is 4.79 Å². The Morgan fingerprint density at radius 1 is 1.26 bits per heavy atom. The van der Waals surface area contributed by atoms with Crippen LogP contribution in [0.2, 0.25) is 0 Å². The van der Waals surface area contributed by atoms with Crippen molar-refractivity contribution < 1.29 is 18.7 Å². The first-order valence-corrected chi connectivity index (χ1v) is 8.71. The topological polar surface area (TPSA) is 64.8 Å². The molecule has 0 spiro atoms. The minimum absolute atomic E-state index is 0.00855. The number of piperidine rings is 1. The highest BCUT2D eigenvalue weighted by atomic mass is 32.1. The van der Waals surface area contributed by atoms with Crippen LogP contribution in [0, 0.1) is 5.92 Å². The quantitative estimate of drug-likeness (QED) is 0.863. The zero-order chi connectivity index (χ0) is 15.6. The van der Waals surface area contributed by atoms with E-state index in [1.807, 2.05) is 17.0 Å². The number of aromatic nitrogens is 1. The molecule has 0 N–H and O–H groups in total. The van der Waals surface area contributed by atoms with Crippen molar-refractivity contribution in [2.75, 3.05) is 26.3 Å². The molecule has 6 nitrogen and oxygen atoms in total. The molecule has 7 heteroatoms. The third kappa shape index (κ3) is 3.04. The van der Waals surface area contributed by atoms with Crippen molar-refractivity contribution in [1.29, 1.82) is 0 Å². The molecule has 2 aromatic heterocycles. The fraction of sp³-hybridized carbons (Fsp3) is 0.500. The molecule has 4 heterocycles. The molecule has 0 radical (unpaired) electrons. The first-order valence-electron chi connectivity index (χ1n) is 7.83. The highest BCUT2D eigenvalue weighted by Crippen LogP contribution is 2.28. The van der Waals surface area contributed by atoms with Crippen LogP contribution in [0.3, 0.4) is 0 Å². The number of nitrogens with zero attached hydrogens (tertiary/aromatic N) is 2. The van der Waals surface area contributed by atoms with E-state index in [0.717, 1.165) is 30.9 Å². The average Bonchev–Trinajstić information content (AvgIpc) is 3.36. The lowest BCUT2D eigenvalue weighted by molar-refractivity contribution is -0.0956. The number of ether oxygens (including phenoxy) is 2. The van der Waals surface area contributed by atoms with Gasteiger partial charge in [-0.15, -0.1) is 11.3 Å². The van der Waals surface area contributed by atoms with Crippen LogP contribution in [0.15, 0.2) is 28.2 Å². The number of hydrogen-bond acceptors (Lipinski definition) is 6. The summed E-state index contributed by atoms with van der Waals surface area (Å²) in [6.07, 6.45) is 3.34. The van der Waals surface area contributed by atoms with E-state index in [1.54, 1.807) is 11.6 Å². The summed E-state index contributed by atoms with van der Waals surface area (Å²) < 4.78 is 16.5. The summed E-state index contributed by atoms with van der Waals surface area (Å²) in [5, 5.41) is 2.54. The standard InChI is InChI=1S/C16H18N2O4S/c19-15(12-10-23-14(17-12)13-2-1-7-20-13)18-5-3-11(4-6-18)16-21-8-9-22-16/h1-2,7,10-11,16H,3-6,8-9H2. The minimum atomic E-state index is -0.0860. The molecule has 0 aromatic carbocycles. The number of carbonyl (C=O) groups excluding carboxylic acids is 1. The van der Waals surface area contributed by atoms with Crippen LogP contribution in [0.4, 0.5) is 0 Å². The molecule has 4 rings (SSSR count). The summed E-state index contributed by atoms with van der Waals surface area (Å²) in [7, 11) is 0. The molecule has 2 aliphatic rings. The van der Waals surface area contributed by atoms with Gasteiger partial charge in [0, 0.05) is 24.4 Å². The molecule has 0 atom stereocenters. The van der Waals surface area contributed by atoms with Gasteiger partial charge >= 0.3 is 0 Å². The van der Waals surface area contributed by atoms with E-state index >= 15 is 0 Å². The number of hydrogen-bond donors (Lipinski definition) is 0. The van der Waals surface area contributed by atoms with Crippen LogP contribution in [-0.2, 0) is 9.47 Å². The fourth-order valence-corrected chi connectivity index (χ4v) is 3.83. The molecule has 2 aliphatic heterocycles. The van der Waals surface area contributed by atoms with Crippen LogP contribution in [0.5, 0.6) is 0 Å². The van der Waals surface area contributed by atoms with Gasteiger partial charge in [0.05, 0.1) is 19.5 Å². The van der Waals surface area contributed by atoms with E-state index in [1.165, 1.54) is 11.3 Å². The first kappa shape index (κ1) is 14.9. The van der Waals surface area contributed by atoms with Gasteiger partial charge in [0.25, 0.3) is 5.91 Å². The molecule has 2 saturated heterocycles. The highest BCUT2D eigenvalue weighted by molar-refractivity contribution is 7.13. The second-order valence-electron chi connectivity index (χ2n) is 5.75. The molecule has 2 aromatic rings. The molecule has 122 valence electrons. The second-order valence-corrected chi connectivity index (χ2v) is 6.61. The predicted octanol–water partition coefficient (Wildman–Crippen LogP) is 2.63. The normalized spacial score (nSPS) is 20.3. The summed E-state index contributed by atoms with van der Waals surface area (Å²) >= 11 is 1.43. The lowest BCUT2D eigenvalue weighted by atomic mass is 9.96. The molecule has 0 bridgehead atoms. The molecule has 23 heavy (non-hydrogen) atoms.